The molecule has 0 spiro atoms. The van der Waals surface area contributed by atoms with Gasteiger partial charge in [0, 0.05) is 0 Å². The maximum atomic E-state index is 5.66. The minimum absolute atomic E-state index is 0.484. The molecule has 0 saturated heterocycles. The molecule has 0 fully saturated rings. The standard InChI is InChI=1S/C5H5BIN5/c6-12-5-2(3(7)11-12)4(8)9-1-10-5/h1H,6H2,(H2,8,9,10). The van der Waals surface area contributed by atoms with Crippen LogP contribution in [0.1, 0.15) is 0 Å². The molecule has 0 aliphatic rings. The van der Waals surface area contributed by atoms with Gasteiger partial charge in [-0.15, -0.1) is 0 Å². The number of anilines is 1. The Morgan fingerprint density at radius 1 is 1.50 bits per heavy atom. The molecule has 0 radical (unpaired) electrons. The summed E-state index contributed by atoms with van der Waals surface area (Å²) >= 11 is 2.11. The summed E-state index contributed by atoms with van der Waals surface area (Å²) in [5.74, 6) is 0.484. The fourth-order valence-corrected chi connectivity index (χ4v) is 1.90. The molecule has 0 aromatic carbocycles. The van der Waals surface area contributed by atoms with E-state index in [1.165, 1.54) is 6.33 Å². The highest BCUT2D eigenvalue weighted by molar-refractivity contribution is 14.1. The Balaban J connectivity index is 2.99. The summed E-state index contributed by atoms with van der Waals surface area (Å²) in [6, 6.07) is 0. The van der Waals surface area contributed by atoms with Crippen LogP contribution in [0.25, 0.3) is 11.0 Å². The maximum absolute atomic E-state index is 5.66. The summed E-state index contributed by atoms with van der Waals surface area (Å²) in [6.07, 6.45) is 1.44. The van der Waals surface area contributed by atoms with Gasteiger partial charge in [-0.25, -0.2) is 9.97 Å². The quantitative estimate of drug-likeness (QED) is 0.514. The van der Waals surface area contributed by atoms with Crippen LogP contribution in [0.2, 0.25) is 0 Å². The molecule has 0 aliphatic heterocycles. The highest BCUT2D eigenvalue weighted by Gasteiger charge is 2.09. The summed E-state index contributed by atoms with van der Waals surface area (Å²) in [5.41, 5.74) is 6.43. The van der Waals surface area contributed by atoms with Gasteiger partial charge in [0.15, 0.2) is 5.65 Å². The Morgan fingerprint density at radius 2 is 2.25 bits per heavy atom. The van der Waals surface area contributed by atoms with E-state index in [0.29, 0.717) is 5.82 Å². The molecule has 2 aromatic rings. The number of nitrogens with two attached hydrogens (primary N) is 1. The fourth-order valence-electron chi connectivity index (χ4n) is 1.06. The smallest absolute Gasteiger partial charge is 0.251 e. The summed E-state index contributed by atoms with van der Waals surface area (Å²) in [4.78, 5) is 7.96. The SMILES string of the molecule is Bn1nc(I)c2c(N)ncnc21. The second kappa shape index (κ2) is 2.58. The van der Waals surface area contributed by atoms with Crippen LogP contribution in [-0.4, -0.2) is 27.6 Å². The third-order valence-corrected chi connectivity index (χ3v) is 2.36. The Kier molecular flexibility index (Phi) is 1.67. The second-order valence-electron chi connectivity index (χ2n) is 2.37. The molecule has 60 valence electrons. The molecule has 0 unspecified atom stereocenters. The van der Waals surface area contributed by atoms with Crippen molar-refractivity contribution in [3.63, 3.8) is 0 Å². The van der Waals surface area contributed by atoms with Crippen molar-refractivity contribution in [1.82, 2.24) is 19.7 Å². The van der Waals surface area contributed by atoms with Gasteiger partial charge in [0.25, 0.3) is 7.98 Å². The lowest BCUT2D eigenvalue weighted by Gasteiger charge is -1.93. The second-order valence-corrected chi connectivity index (χ2v) is 3.39. The Morgan fingerprint density at radius 3 is 2.92 bits per heavy atom. The first kappa shape index (κ1) is 7.78. The average molecular weight is 273 g/mol. The molecule has 0 atom stereocenters. The summed E-state index contributed by atoms with van der Waals surface area (Å²) in [5, 5.41) is 5.01. The Labute approximate surface area is 82.9 Å². The topological polar surface area (TPSA) is 69.6 Å². The lowest BCUT2D eigenvalue weighted by atomic mass is 10.4. The van der Waals surface area contributed by atoms with Crippen LogP contribution < -0.4 is 5.73 Å². The predicted molar refractivity (Wildman–Crippen MR) is 56.4 cm³/mol. The van der Waals surface area contributed by atoms with Gasteiger partial charge in [0.05, 0.1) is 5.39 Å². The van der Waals surface area contributed by atoms with Crippen LogP contribution in [0, 0.1) is 3.70 Å². The number of aromatic nitrogens is 4. The zero-order valence-corrected chi connectivity index (χ0v) is 8.48. The van der Waals surface area contributed by atoms with Crippen molar-refractivity contribution in [3.8, 4) is 0 Å². The number of halogens is 1. The first-order valence-corrected chi connectivity index (χ1v) is 4.36. The highest BCUT2D eigenvalue weighted by atomic mass is 127. The van der Waals surface area contributed by atoms with Gasteiger partial charge in [-0.05, 0) is 22.6 Å². The van der Waals surface area contributed by atoms with Crippen LogP contribution in [0.15, 0.2) is 6.33 Å². The van der Waals surface area contributed by atoms with E-state index in [-0.39, 0.29) is 0 Å². The molecule has 2 rings (SSSR count). The molecule has 0 saturated carbocycles. The van der Waals surface area contributed by atoms with Crippen molar-refractivity contribution in [3.05, 3.63) is 10.0 Å². The number of hydrogen-bond donors (Lipinski definition) is 1. The highest BCUT2D eigenvalue weighted by Crippen LogP contribution is 2.20. The number of hydrogen-bond acceptors (Lipinski definition) is 4. The zero-order valence-electron chi connectivity index (χ0n) is 6.32. The van der Waals surface area contributed by atoms with Gasteiger partial charge in [0.1, 0.15) is 15.8 Å². The lowest BCUT2D eigenvalue weighted by molar-refractivity contribution is 0.984. The van der Waals surface area contributed by atoms with E-state index < -0.39 is 0 Å². The normalized spacial score (nSPS) is 10.8. The van der Waals surface area contributed by atoms with Crippen LogP contribution in [0.4, 0.5) is 5.82 Å². The molecule has 2 heterocycles. The van der Waals surface area contributed by atoms with Crippen LogP contribution >= 0.6 is 22.6 Å². The summed E-state index contributed by atoms with van der Waals surface area (Å²) in [7, 11) is 1.83. The third kappa shape index (κ3) is 0.960. The summed E-state index contributed by atoms with van der Waals surface area (Å²) in [6.45, 7) is 0. The monoisotopic (exact) mass is 273 g/mol. The predicted octanol–water partition coefficient (Wildman–Crippen LogP) is -0.591. The Bertz CT molecular complexity index is 439. The minimum Gasteiger partial charge on any atom is -0.383 e. The first-order valence-electron chi connectivity index (χ1n) is 3.29. The largest absolute Gasteiger partial charge is 0.383 e. The van der Waals surface area contributed by atoms with Crippen LogP contribution in [0.5, 0.6) is 0 Å². The van der Waals surface area contributed by atoms with Gasteiger partial charge in [-0.3, -0.25) is 0 Å². The number of rotatable bonds is 0. The molecule has 5 nitrogen and oxygen atoms in total. The molecule has 0 bridgehead atoms. The van der Waals surface area contributed by atoms with Gasteiger partial charge >= 0.3 is 0 Å². The average Bonchev–Trinajstić information content (AvgIpc) is 2.29. The third-order valence-electron chi connectivity index (χ3n) is 1.61. The van der Waals surface area contributed by atoms with Gasteiger partial charge in [-0.1, -0.05) is 0 Å². The maximum Gasteiger partial charge on any atom is 0.251 e. The molecule has 2 aromatic heterocycles. The van der Waals surface area contributed by atoms with Crippen LogP contribution in [0.3, 0.4) is 0 Å². The van der Waals surface area contributed by atoms with Gasteiger partial charge in [0.2, 0.25) is 0 Å². The van der Waals surface area contributed by atoms with Crippen molar-refractivity contribution in [2.24, 2.45) is 0 Å². The van der Waals surface area contributed by atoms with E-state index in [4.69, 9.17) is 5.73 Å². The van der Waals surface area contributed by atoms with E-state index >= 15 is 0 Å². The molecular weight excluding hydrogens is 268 g/mol. The van der Waals surface area contributed by atoms with Crippen molar-refractivity contribution in [2.75, 3.05) is 5.73 Å². The minimum atomic E-state index is 0.484. The number of nitrogens with zero attached hydrogens (tertiary/aromatic N) is 4. The molecule has 12 heavy (non-hydrogen) atoms. The van der Waals surface area contributed by atoms with E-state index in [0.717, 1.165) is 14.7 Å². The summed E-state index contributed by atoms with van der Waals surface area (Å²) < 4.78 is 2.53. The van der Waals surface area contributed by atoms with Gasteiger partial charge < -0.3 is 10.3 Å². The van der Waals surface area contributed by atoms with Crippen LogP contribution in [-0.2, 0) is 0 Å². The molecule has 0 amide bonds. The number of nitrogen functional groups attached to an aromatic ring is 1. The molecule has 0 aliphatic carbocycles. The van der Waals surface area contributed by atoms with E-state index in [2.05, 4.69) is 37.7 Å². The van der Waals surface area contributed by atoms with Crippen molar-refractivity contribution in [2.45, 2.75) is 0 Å². The molecule has 2 N–H and O–H groups in total. The zero-order chi connectivity index (χ0) is 8.72. The lowest BCUT2D eigenvalue weighted by Crippen LogP contribution is -1.96. The van der Waals surface area contributed by atoms with E-state index in [9.17, 15) is 0 Å². The van der Waals surface area contributed by atoms with Crippen molar-refractivity contribution >= 4 is 47.4 Å². The Hall–Kier alpha value is -0.855. The van der Waals surface area contributed by atoms with E-state index in [1.54, 1.807) is 4.59 Å². The van der Waals surface area contributed by atoms with Crippen molar-refractivity contribution in [1.29, 1.82) is 0 Å². The first-order chi connectivity index (χ1) is 5.70. The fraction of sp³-hybridized carbons (Fsp3) is 0. The van der Waals surface area contributed by atoms with E-state index in [1.807, 2.05) is 7.98 Å². The molecular formula is C5H5BIN5. The number of fused-ring (bicyclic) bond motifs is 1. The molecule has 7 heteroatoms. The van der Waals surface area contributed by atoms with Crippen molar-refractivity contribution < 1.29 is 0 Å². The van der Waals surface area contributed by atoms with Gasteiger partial charge in [-0.2, -0.15) is 5.10 Å².